The number of rotatable bonds is 4. The zero-order valence-electron chi connectivity index (χ0n) is 11.1. The van der Waals surface area contributed by atoms with Gasteiger partial charge in [0.2, 0.25) is 0 Å². The highest BCUT2D eigenvalue weighted by Crippen LogP contribution is 2.36. The van der Waals surface area contributed by atoms with E-state index in [1.54, 1.807) is 17.7 Å². The first-order valence-electron chi connectivity index (χ1n) is 6.43. The van der Waals surface area contributed by atoms with E-state index in [0.29, 0.717) is 0 Å². The van der Waals surface area contributed by atoms with E-state index in [0.717, 1.165) is 38.9 Å². The van der Waals surface area contributed by atoms with Crippen molar-refractivity contribution in [1.29, 1.82) is 0 Å². The van der Waals surface area contributed by atoms with Crippen LogP contribution in [0.25, 0.3) is 10.2 Å². The van der Waals surface area contributed by atoms with Crippen molar-refractivity contribution in [1.82, 2.24) is 9.97 Å². The minimum atomic E-state index is 0.757. The topological polar surface area (TPSA) is 37.8 Å². The van der Waals surface area contributed by atoms with Gasteiger partial charge in [-0.15, -0.1) is 11.3 Å². The Kier molecular flexibility index (Phi) is 3.85. The molecule has 5 heteroatoms. The van der Waals surface area contributed by atoms with E-state index in [2.05, 4.69) is 39.6 Å². The molecule has 0 aliphatic heterocycles. The second-order valence-corrected chi connectivity index (χ2v) is 6.12. The van der Waals surface area contributed by atoms with Crippen LogP contribution in [0, 0.1) is 6.92 Å². The second kappa shape index (κ2) is 5.77. The van der Waals surface area contributed by atoms with Crippen molar-refractivity contribution >= 4 is 39.0 Å². The van der Waals surface area contributed by atoms with E-state index in [1.165, 1.54) is 5.56 Å². The number of nitrogens with one attached hydrogen (secondary N) is 1. The van der Waals surface area contributed by atoms with Gasteiger partial charge in [0.25, 0.3) is 0 Å². The molecule has 2 heterocycles. The Morgan fingerprint density at radius 2 is 2.00 bits per heavy atom. The Morgan fingerprint density at radius 3 is 2.80 bits per heavy atom. The van der Waals surface area contributed by atoms with Gasteiger partial charge in [0, 0.05) is 11.4 Å². The monoisotopic (exact) mass is 303 g/mol. The summed E-state index contributed by atoms with van der Waals surface area (Å²) in [6.07, 6.45) is 2.53. The molecule has 3 aromatic rings. The van der Waals surface area contributed by atoms with Gasteiger partial charge in [-0.1, -0.05) is 41.9 Å². The third kappa shape index (κ3) is 2.62. The molecule has 0 saturated carbocycles. The van der Waals surface area contributed by atoms with Gasteiger partial charge in [-0.2, -0.15) is 0 Å². The number of fused-ring (bicyclic) bond motifs is 1. The standard InChI is InChI=1S/C15H14ClN3S/c1-10-13(16)12-14(18-9-19-15(12)20-10)17-8-7-11-5-3-2-4-6-11/h2-6,9H,7-8H2,1H3,(H,17,18,19). The summed E-state index contributed by atoms with van der Waals surface area (Å²) in [5.41, 5.74) is 1.30. The Hall–Kier alpha value is -1.65. The Balaban J connectivity index is 1.78. The number of aryl methyl sites for hydroxylation is 1. The fraction of sp³-hybridized carbons (Fsp3) is 0.200. The number of halogens is 1. The number of hydrogen-bond donors (Lipinski definition) is 1. The average molecular weight is 304 g/mol. The van der Waals surface area contributed by atoms with Gasteiger partial charge in [-0.05, 0) is 18.9 Å². The fourth-order valence-corrected chi connectivity index (χ4v) is 3.35. The number of benzene rings is 1. The molecule has 0 amide bonds. The van der Waals surface area contributed by atoms with Crippen LogP contribution < -0.4 is 5.32 Å². The number of nitrogens with zero attached hydrogens (tertiary/aromatic N) is 2. The second-order valence-electron chi connectivity index (χ2n) is 4.54. The summed E-state index contributed by atoms with van der Waals surface area (Å²) in [4.78, 5) is 10.6. The van der Waals surface area contributed by atoms with Gasteiger partial charge in [-0.3, -0.25) is 0 Å². The van der Waals surface area contributed by atoms with Crippen LogP contribution in [-0.4, -0.2) is 16.5 Å². The van der Waals surface area contributed by atoms with Crippen LogP contribution in [0.2, 0.25) is 5.02 Å². The first-order valence-corrected chi connectivity index (χ1v) is 7.62. The fourth-order valence-electron chi connectivity index (χ4n) is 2.11. The van der Waals surface area contributed by atoms with Crippen molar-refractivity contribution in [3.8, 4) is 0 Å². The van der Waals surface area contributed by atoms with Crippen LogP contribution in [0.1, 0.15) is 10.4 Å². The zero-order valence-corrected chi connectivity index (χ0v) is 12.6. The van der Waals surface area contributed by atoms with E-state index in [4.69, 9.17) is 11.6 Å². The van der Waals surface area contributed by atoms with Gasteiger partial charge < -0.3 is 5.32 Å². The first-order chi connectivity index (χ1) is 9.75. The molecule has 0 spiro atoms. The SMILES string of the molecule is Cc1sc2ncnc(NCCc3ccccc3)c2c1Cl. The molecular weight excluding hydrogens is 290 g/mol. The molecule has 0 unspecified atom stereocenters. The summed E-state index contributed by atoms with van der Waals surface area (Å²) in [5, 5.41) is 5.05. The molecule has 3 rings (SSSR count). The quantitative estimate of drug-likeness (QED) is 0.780. The zero-order chi connectivity index (χ0) is 13.9. The Morgan fingerprint density at radius 1 is 1.20 bits per heavy atom. The van der Waals surface area contributed by atoms with Crippen molar-refractivity contribution in [2.24, 2.45) is 0 Å². The van der Waals surface area contributed by atoms with Gasteiger partial charge in [-0.25, -0.2) is 9.97 Å². The van der Waals surface area contributed by atoms with Crippen LogP contribution in [0.5, 0.6) is 0 Å². The lowest BCUT2D eigenvalue weighted by Gasteiger charge is -2.06. The van der Waals surface area contributed by atoms with Crippen molar-refractivity contribution < 1.29 is 0 Å². The Labute approximate surface area is 126 Å². The lowest BCUT2D eigenvalue weighted by Crippen LogP contribution is -2.06. The highest BCUT2D eigenvalue weighted by molar-refractivity contribution is 7.19. The predicted molar refractivity (Wildman–Crippen MR) is 85.8 cm³/mol. The summed E-state index contributed by atoms with van der Waals surface area (Å²) < 4.78 is 0. The lowest BCUT2D eigenvalue weighted by molar-refractivity contribution is 1.01. The molecule has 0 aliphatic carbocycles. The maximum absolute atomic E-state index is 6.33. The molecule has 0 aliphatic rings. The number of hydrogen-bond acceptors (Lipinski definition) is 4. The van der Waals surface area contributed by atoms with Crippen LogP contribution in [-0.2, 0) is 6.42 Å². The number of aromatic nitrogens is 2. The molecule has 0 radical (unpaired) electrons. The van der Waals surface area contributed by atoms with Crippen molar-refractivity contribution in [2.45, 2.75) is 13.3 Å². The summed E-state index contributed by atoms with van der Waals surface area (Å²) in [6, 6.07) is 10.4. The third-order valence-corrected chi connectivity index (χ3v) is 4.74. The van der Waals surface area contributed by atoms with E-state index in [-0.39, 0.29) is 0 Å². The molecule has 20 heavy (non-hydrogen) atoms. The number of thiophene rings is 1. The molecule has 3 nitrogen and oxygen atoms in total. The van der Waals surface area contributed by atoms with Crippen molar-refractivity contribution in [3.63, 3.8) is 0 Å². The highest BCUT2D eigenvalue weighted by atomic mass is 35.5. The van der Waals surface area contributed by atoms with Crippen molar-refractivity contribution in [3.05, 3.63) is 52.1 Å². The normalized spacial score (nSPS) is 10.9. The van der Waals surface area contributed by atoms with E-state index in [1.807, 2.05) is 13.0 Å². The molecule has 0 atom stereocenters. The van der Waals surface area contributed by atoms with Crippen LogP contribution in [0.4, 0.5) is 5.82 Å². The summed E-state index contributed by atoms with van der Waals surface area (Å²) in [7, 11) is 0. The lowest BCUT2D eigenvalue weighted by atomic mass is 10.1. The molecule has 1 N–H and O–H groups in total. The third-order valence-electron chi connectivity index (χ3n) is 3.14. The van der Waals surface area contributed by atoms with Crippen LogP contribution in [0.3, 0.4) is 0 Å². The maximum atomic E-state index is 6.33. The largest absolute Gasteiger partial charge is 0.369 e. The average Bonchev–Trinajstić information content (AvgIpc) is 2.76. The summed E-state index contributed by atoms with van der Waals surface area (Å²) >= 11 is 7.93. The molecule has 102 valence electrons. The van der Waals surface area contributed by atoms with Gasteiger partial charge in [0.1, 0.15) is 17.0 Å². The maximum Gasteiger partial charge on any atom is 0.139 e. The molecule has 2 aromatic heterocycles. The number of anilines is 1. The van der Waals surface area contributed by atoms with Crippen LogP contribution >= 0.6 is 22.9 Å². The van der Waals surface area contributed by atoms with E-state index in [9.17, 15) is 0 Å². The summed E-state index contributed by atoms with van der Waals surface area (Å²) in [6.45, 7) is 2.82. The first kappa shape index (κ1) is 13.3. The molecular formula is C15H14ClN3S. The van der Waals surface area contributed by atoms with Gasteiger partial charge >= 0.3 is 0 Å². The predicted octanol–water partition coefficient (Wildman–Crippen LogP) is 4.31. The van der Waals surface area contributed by atoms with Gasteiger partial charge in [0.15, 0.2) is 0 Å². The highest BCUT2D eigenvalue weighted by Gasteiger charge is 2.12. The van der Waals surface area contributed by atoms with Crippen LogP contribution in [0.15, 0.2) is 36.7 Å². The summed E-state index contributed by atoms with van der Waals surface area (Å²) in [5.74, 6) is 0.820. The molecule has 1 aromatic carbocycles. The molecule has 0 fully saturated rings. The minimum Gasteiger partial charge on any atom is -0.369 e. The Bertz CT molecular complexity index is 725. The molecule has 0 bridgehead atoms. The van der Waals surface area contributed by atoms with E-state index < -0.39 is 0 Å². The molecule has 0 saturated heterocycles. The van der Waals surface area contributed by atoms with Gasteiger partial charge in [0.05, 0.1) is 10.4 Å². The van der Waals surface area contributed by atoms with Crippen molar-refractivity contribution in [2.75, 3.05) is 11.9 Å². The van der Waals surface area contributed by atoms with E-state index >= 15 is 0 Å². The minimum absolute atomic E-state index is 0.757. The smallest absolute Gasteiger partial charge is 0.139 e.